The van der Waals surface area contributed by atoms with Crippen molar-refractivity contribution in [3.05, 3.63) is 65.7 Å². The van der Waals surface area contributed by atoms with Gasteiger partial charge in [-0.1, -0.05) is 42.5 Å². The number of amides is 2. The molecule has 0 unspecified atom stereocenters. The molecule has 1 heterocycles. The van der Waals surface area contributed by atoms with Gasteiger partial charge in [-0.2, -0.15) is 0 Å². The van der Waals surface area contributed by atoms with Gasteiger partial charge >= 0.3 is 0 Å². The number of benzene rings is 2. The van der Waals surface area contributed by atoms with E-state index in [-0.39, 0.29) is 11.8 Å². The number of carbonyl (C=O) groups is 2. The average Bonchev–Trinajstić information content (AvgIpc) is 2.71. The first kappa shape index (κ1) is 19.5. The molecule has 1 saturated heterocycles. The van der Waals surface area contributed by atoms with Gasteiger partial charge in [0.25, 0.3) is 0 Å². The first-order chi connectivity index (χ1) is 13.2. The molecule has 1 aliphatic rings. The fourth-order valence-corrected chi connectivity index (χ4v) is 3.63. The lowest BCUT2D eigenvalue weighted by molar-refractivity contribution is -0.134. The molecule has 142 valence electrons. The summed E-state index contributed by atoms with van der Waals surface area (Å²) >= 11 is 1.59. The van der Waals surface area contributed by atoms with Crippen LogP contribution in [0.25, 0.3) is 0 Å². The zero-order valence-corrected chi connectivity index (χ0v) is 16.0. The van der Waals surface area contributed by atoms with E-state index in [1.807, 2.05) is 47.4 Å². The minimum Gasteiger partial charge on any atom is -0.378 e. The topological polar surface area (TPSA) is 58.6 Å². The number of morpholine rings is 1. The van der Waals surface area contributed by atoms with Gasteiger partial charge in [0.1, 0.15) is 0 Å². The standard InChI is InChI=1S/C21H24N2O3S/c24-20(16-27-15-18-4-2-1-3-5-18)22-19-8-6-17(7-9-19)14-21(25)23-10-12-26-13-11-23/h1-9H,10-16H2,(H,22,24). The molecule has 2 amide bonds. The first-order valence-electron chi connectivity index (χ1n) is 9.07. The van der Waals surface area contributed by atoms with Crippen molar-refractivity contribution in [3.8, 4) is 0 Å². The molecular weight excluding hydrogens is 360 g/mol. The van der Waals surface area contributed by atoms with E-state index in [9.17, 15) is 9.59 Å². The maximum Gasteiger partial charge on any atom is 0.234 e. The summed E-state index contributed by atoms with van der Waals surface area (Å²) in [7, 11) is 0. The van der Waals surface area contributed by atoms with E-state index in [1.165, 1.54) is 5.56 Å². The van der Waals surface area contributed by atoms with Gasteiger partial charge in [-0.3, -0.25) is 9.59 Å². The fourth-order valence-electron chi connectivity index (χ4n) is 2.84. The van der Waals surface area contributed by atoms with E-state index in [2.05, 4.69) is 17.4 Å². The second-order valence-electron chi connectivity index (χ2n) is 6.39. The van der Waals surface area contributed by atoms with E-state index in [0.29, 0.717) is 38.5 Å². The highest BCUT2D eigenvalue weighted by atomic mass is 32.2. The Hall–Kier alpha value is -2.31. The molecule has 27 heavy (non-hydrogen) atoms. The molecule has 2 aromatic carbocycles. The smallest absolute Gasteiger partial charge is 0.234 e. The Balaban J connectivity index is 1.41. The van der Waals surface area contributed by atoms with Crippen molar-refractivity contribution in [3.63, 3.8) is 0 Å². The molecule has 1 fully saturated rings. The number of hydrogen-bond donors (Lipinski definition) is 1. The lowest BCUT2D eigenvalue weighted by Gasteiger charge is -2.26. The quantitative estimate of drug-likeness (QED) is 0.797. The van der Waals surface area contributed by atoms with E-state index < -0.39 is 0 Å². The van der Waals surface area contributed by atoms with Crippen molar-refractivity contribution in [1.82, 2.24) is 4.90 Å². The summed E-state index contributed by atoms with van der Waals surface area (Å²) in [6.45, 7) is 2.54. The molecule has 2 aromatic rings. The van der Waals surface area contributed by atoms with E-state index >= 15 is 0 Å². The van der Waals surface area contributed by atoms with Crippen LogP contribution in [0.15, 0.2) is 54.6 Å². The zero-order chi connectivity index (χ0) is 18.9. The molecule has 0 saturated carbocycles. The van der Waals surface area contributed by atoms with Crippen LogP contribution in [-0.2, 0) is 26.5 Å². The van der Waals surface area contributed by atoms with Gasteiger partial charge in [0.2, 0.25) is 11.8 Å². The normalized spacial score (nSPS) is 14.0. The molecule has 6 heteroatoms. The van der Waals surface area contributed by atoms with E-state index in [4.69, 9.17) is 4.74 Å². The molecule has 0 bridgehead atoms. The number of anilines is 1. The van der Waals surface area contributed by atoms with Crippen LogP contribution < -0.4 is 5.32 Å². The lowest BCUT2D eigenvalue weighted by Crippen LogP contribution is -2.41. The van der Waals surface area contributed by atoms with Crippen LogP contribution in [0.1, 0.15) is 11.1 Å². The molecule has 0 aromatic heterocycles. The van der Waals surface area contributed by atoms with Gasteiger partial charge < -0.3 is 15.0 Å². The SMILES string of the molecule is O=C(CSCc1ccccc1)Nc1ccc(CC(=O)N2CCOCC2)cc1. The highest BCUT2D eigenvalue weighted by Gasteiger charge is 2.16. The van der Waals surface area contributed by atoms with Crippen molar-refractivity contribution < 1.29 is 14.3 Å². The average molecular weight is 385 g/mol. The van der Waals surface area contributed by atoms with Gasteiger partial charge in [0.15, 0.2) is 0 Å². The first-order valence-corrected chi connectivity index (χ1v) is 10.2. The van der Waals surface area contributed by atoms with Crippen LogP contribution in [0, 0.1) is 0 Å². The maximum atomic E-state index is 12.3. The van der Waals surface area contributed by atoms with Crippen LogP contribution in [0.5, 0.6) is 0 Å². The number of hydrogen-bond acceptors (Lipinski definition) is 4. The molecule has 0 radical (unpaired) electrons. The fraction of sp³-hybridized carbons (Fsp3) is 0.333. The molecule has 0 atom stereocenters. The Labute approximate surface area is 164 Å². The summed E-state index contributed by atoms with van der Waals surface area (Å²) < 4.78 is 5.27. The third kappa shape index (κ3) is 6.41. The highest BCUT2D eigenvalue weighted by Crippen LogP contribution is 2.14. The second-order valence-corrected chi connectivity index (χ2v) is 7.38. The summed E-state index contributed by atoms with van der Waals surface area (Å²) in [5, 5.41) is 2.90. The molecular formula is C21H24N2O3S. The Kier molecular flexibility index (Phi) is 7.30. The predicted octanol–water partition coefficient (Wildman–Crippen LogP) is 2.96. The molecule has 1 aliphatic heterocycles. The Morgan fingerprint density at radius 1 is 0.963 bits per heavy atom. The third-order valence-electron chi connectivity index (χ3n) is 4.30. The van der Waals surface area contributed by atoms with Gasteiger partial charge in [0, 0.05) is 24.5 Å². The van der Waals surface area contributed by atoms with Gasteiger partial charge in [-0.25, -0.2) is 0 Å². The number of carbonyl (C=O) groups excluding carboxylic acids is 2. The molecule has 3 rings (SSSR count). The van der Waals surface area contributed by atoms with Crippen molar-refractivity contribution in [2.45, 2.75) is 12.2 Å². The summed E-state index contributed by atoms with van der Waals surface area (Å²) in [5.74, 6) is 1.32. The van der Waals surface area contributed by atoms with Crippen molar-refractivity contribution in [2.24, 2.45) is 0 Å². The lowest BCUT2D eigenvalue weighted by atomic mass is 10.1. The molecule has 5 nitrogen and oxygen atoms in total. The summed E-state index contributed by atoms with van der Waals surface area (Å²) in [6, 6.07) is 17.6. The van der Waals surface area contributed by atoms with Crippen LogP contribution in [0.4, 0.5) is 5.69 Å². The van der Waals surface area contributed by atoms with Crippen LogP contribution in [0.3, 0.4) is 0 Å². The summed E-state index contributed by atoms with van der Waals surface area (Å²) in [4.78, 5) is 26.2. The van der Waals surface area contributed by atoms with Crippen LogP contribution in [-0.4, -0.2) is 48.8 Å². The molecule has 1 N–H and O–H groups in total. The van der Waals surface area contributed by atoms with Gasteiger partial charge in [-0.05, 0) is 23.3 Å². The third-order valence-corrected chi connectivity index (χ3v) is 5.31. The summed E-state index contributed by atoms with van der Waals surface area (Å²) in [6.07, 6.45) is 0.376. The van der Waals surface area contributed by atoms with Gasteiger partial charge in [-0.15, -0.1) is 11.8 Å². The van der Waals surface area contributed by atoms with E-state index in [0.717, 1.165) is 17.0 Å². The summed E-state index contributed by atoms with van der Waals surface area (Å²) in [5.41, 5.74) is 2.91. The van der Waals surface area contributed by atoms with Gasteiger partial charge in [0.05, 0.1) is 25.4 Å². The van der Waals surface area contributed by atoms with Crippen molar-refractivity contribution >= 4 is 29.3 Å². The molecule has 0 spiro atoms. The number of ether oxygens (including phenoxy) is 1. The van der Waals surface area contributed by atoms with Crippen LogP contribution in [0.2, 0.25) is 0 Å². The largest absolute Gasteiger partial charge is 0.378 e. The minimum atomic E-state index is -0.0203. The Morgan fingerprint density at radius 2 is 1.67 bits per heavy atom. The van der Waals surface area contributed by atoms with E-state index in [1.54, 1.807) is 11.8 Å². The second kappa shape index (κ2) is 10.1. The highest BCUT2D eigenvalue weighted by molar-refractivity contribution is 7.99. The predicted molar refractivity (Wildman–Crippen MR) is 109 cm³/mol. The Morgan fingerprint density at radius 3 is 2.37 bits per heavy atom. The van der Waals surface area contributed by atoms with Crippen molar-refractivity contribution in [2.75, 3.05) is 37.4 Å². The Bertz CT molecular complexity index is 744. The maximum absolute atomic E-state index is 12.3. The van der Waals surface area contributed by atoms with Crippen molar-refractivity contribution in [1.29, 1.82) is 0 Å². The zero-order valence-electron chi connectivity index (χ0n) is 15.2. The monoisotopic (exact) mass is 384 g/mol. The number of nitrogens with zero attached hydrogens (tertiary/aromatic N) is 1. The van der Waals surface area contributed by atoms with Crippen LogP contribution >= 0.6 is 11.8 Å². The minimum absolute atomic E-state index is 0.0203. The molecule has 0 aliphatic carbocycles. The number of thioether (sulfide) groups is 1. The number of nitrogens with one attached hydrogen (secondary N) is 1. The number of rotatable bonds is 7.